The molecule has 0 rings (SSSR count). The van der Waals surface area contributed by atoms with Gasteiger partial charge < -0.3 is 5.11 Å². The molecule has 1 atom stereocenters. The van der Waals surface area contributed by atoms with E-state index in [9.17, 15) is 5.11 Å². The monoisotopic (exact) mass is 254 g/mol. The highest BCUT2D eigenvalue weighted by Gasteiger charge is 2.02. The van der Waals surface area contributed by atoms with Crippen molar-refractivity contribution in [3.8, 4) is 0 Å². The van der Waals surface area contributed by atoms with Crippen LogP contribution in [0.5, 0.6) is 0 Å². The summed E-state index contributed by atoms with van der Waals surface area (Å²) in [4.78, 5) is 0. The first-order valence-electron chi connectivity index (χ1n) is 3.54. The molecule has 60 valence electrons. The van der Waals surface area contributed by atoms with Gasteiger partial charge in [0.1, 0.15) is 0 Å². The Hall–Kier alpha value is 0.430. The van der Waals surface area contributed by atoms with Crippen LogP contribution in [0.3, 0.4) is 0 Å². The van der Waals surface area contributed by atoms with Crippen molar-refractivity contribution in [3.63, 3.8) is 0 Å². The standard InChI is InChI=1S/C8H15IO/c1-6(2)4-8(10)5-7(3)9/h5-6,8,10H,4H2,1-3H3. The van der Waals surface area contributed by atoms with Gasteiger partial charge in [0.15, 0.2) is 0 Å². The lowest BCUT2D eigenvalue weighted by Gasteiger charge is -2.07. The summed E-state index contributed by atoms with van der Waals surface area (Å²) in [6, 6.07) is 0. The van der Waals surface area contributed by atoms with Crippen LogP contribution in [0.15, 0.2) is 9.66 Å². The van der Waals surface area contributed by atoms with Crippen LogP contribution in [-0.4, -0.2) is 11.2 Å². The second-order valence-electron chi connectivity index (χ2n) is 2.95. The molecule has 0 radical (unpaired) electrons. The summed E-state index contributed by atoms with van der Waals surface area (Å²) in [7, 11) is 0. The molecule has 0 fully saturated rings. The number of aliphatic hydroxyl groups excluding tert-OH is 1. The lowest BCUT2D eigenvalue weighted by molar-refractivity contribution is 0.194. The van der Waals surface area contributed by atoms with Gasteiger partial charge in [-0.1, -0.05) is 13.8 Å². The second-order valence-corrected chi connectivity index (χ2v) is 4.65. The summed E-state index contributed by atoms with van der Waals surface area (Å²) in [5, 5.41) is 9.31. The van der Waals surface area contributed by atoms with Gasteiger partial charge in [0.25, 0.3) is 0 Å². The Balaban J connectivity index is 3.64. The molecule has 10 heavy (non-hydrogen) atoms. The number of aliphatic hydroxyl groups is 1. The van der Waals surface area contributed by atoms with Gasteiger partial charge in [-0.05, 0) is 51.5 Å². The van der Waals surface area contributed by atoms with E-state index in [0.717, 1.165) is 10.0 Å². The van der Waals surface area contributed by atoms with Gasteiger partial charge in [-0.2, -0.15) is 0 Å². The van der Waals surface area contributed by atoms with Crippen LogP contribution in [0, 0.1) is 5.92 Å². The Morgan fingerprint density at radius 3 is 2.40 bits per heavy atom. The average Bonchev–Trinajstić information content (AvgIpc) is 1.58. The van der Waals surface area contributed by atoms with Gasteiger partial charge in [-0.15, -0.1) is 0 Å². The van der Waals surface area contributed by atoms with E-state index in [1.807, 2.05) is 13.0 Å². The molecule has 1 N–H and O–H groups in total. The molecular weight excluding hydrogens is 239 g/mol. The molecule has 0 aliphatic carbocycles. The summed E-state index contributed by atoms with van der Waals surface area (Å²) in [6.45, 7) is 6.21. The summed E-state index contributed by atoms with van der Waals surface area (Å²) < 4.78 is 1.16. The first kappa shape index (κ1) is 10.4. The van der Waals surface area contributed by atoms with Crippen molar-refractivity contribution in [1.82, 2.24) is 0 Å². The summed E-state index contributed by atoms with van der Waals surface area (Å²) in [6.07, 6.45) is 2.50. The maximum absolute atomic E-state index is 9.31. The molecule has 0 saturated heterocycles. The van der Waals surface area contributed by atoms with Gasteiger partial charge in [-0.25, -0.2) is 0 Å². The molecule has 0 aromatic heterocycles. The van der Waals surface area contributed by atoms with Gasteiger partial charge in [0, 0.05) is 0 Å². The van der Waals surface area contributed by atoms with Crippen LogP contribution < -0.4 is 0 Å². The molecule has 0 aromatic carbocycles. The second kappa shape index (κ2) is 5.13. The lowest BCUT2D eigenvalue weighted by Crippen LogP contribution is -2.06. The van der Waals surface area contributed by atoms with Crippen LogP contribution in [0.2, 0.25) is 0 Å². The minimum atomic E-state index is -0.253. The van der Waals surface area contributed by atoms with E-state index in [2.05, 4.69) is 36.4 Å². The van der Waals surface area contributed by atoms with Gasteiger partial charge in [-0.3, -0.25) is 0 Å². The molecule has 0 aromatic rings. The van der Waals surface area contributed by atoms with E-state index in [1.165, 1.54) is 0 Å². The Labute approximate surface area is 76.7 Å². The summed E-state index contributed by atoms with van der Waals surface area (Å²) in [5.74, 6) is 0.571. The third kappa shape index (κ3) is 6.55. The van der Waals surface area contributed by atoms with Crippen LogP contribution in [0.25, 0.3) is 0 Å². The zero-order valence-corrected chi connectivity index (χ0v) is 8.92. The summed E-state index contributed by atoms with van der Waals surface area (Å²) in [5.41, 5.74) is 0. The molecule has 2 heteroatoms. The zero-order chi connectivity index (χ0) is 8.15. The van der Waals surface area contributed by atoms with Crippen molar-refractivity contribution in [1.29, 1.82) is 0 Å². The van der Waals surface area contributed by atoms with E-state index in [0.29, 0.717) is 5.92 Å². The maximum Gasteiger partial charge on any atom is 0.0733 e. The Morgan fingerprint density at radius 2 is 2.10 bits per heavy atom. The first-order chi connectivity index (χ1) is 4.52. The first-order valence-corrected chi connectivity index (χ1v) is 4.62. The quantitative estimate of drug-likeness (QED) is 0.768. The van der Waals surface area contributed by atoms with Crippen LogP contribution in [-0.2, 0) is 0 Å². The fourth-order valence-electron chi connectivity index (χ4n) is 0.816. The van der Waals surface area contributed by atoms with E-state index in [-0.39, 0.29) is 6.10 Å². The Bertz CT molecular complexity index is 114. The minimum absolute atomic E-state index is 0.253. The van der Waals surface area contributed by atoms with Gasteiger partial charge in [0.05, 0.1) is 6.10 Å². The normalized spacial score (nSPS) is 16.0. The predicted molar refractivity (Wildman–Crippen MR) is 53.2 cm³/mol. The highest BCUT2D eigenvalue weighted by molar-refractivity contribution is 14.1. The molecule has 1 unspecified atom stereocenters. The third-order valence-electron chi connectivity index (χ3n) is 1.13. The molecule has 0 heterocycles. The van der Waals surface area contributed by atoms with Crippen LogP contribution >= 0.6 is 22.6 Å². The minimum Gasteiger partial charge on any atom is -0.389 e. The van der Waals surface area contributed by atoms with Crippen molar-refractivity contribution in [2.45, 2.75) is 33.3 Å². The molecule has 0 spiro atoms. The molecule has 0 amide bonds. The fraction of sp³-hybridized carbons (Fsp3) is 0.750. The Morgan fingerprint density at radius 1 is 1.60 bits per heavy atom. The fourth-order valence-corrected chi connectivity index (χ4v) is 1.23. The largest absolute Gasteiger partial charge is 0.389 e. The molecule has 0 aliphatic heterocycles. The highest BCUT2D eigenvalue weighted by Crippen LogP contribution is 2.10. The van der Waals surface area contributed by atoms with Crippen molar-refractivity contribution >= 4 is 22.6 Å². The topological polar surface area (TPSA) is 20.2 Å². The third-order valence-corrected chi connectivity index (χ3v) is 1.49. The molecular formula is C8H15IO. The van der Waals surface area contributed by atoms with E-state index < -0.39 is 0 Å². The lowest BCUT2D eigenvalue weighted by atomic mass is 10.1. The SMILES string of the molecule is CC(I)=CC(O)CC(C)C. The molecule has 0 aliphatic rings. The average molecular weight is 254 g/mol. The van der Waals surface area contributed by atoms with Crippen molar-refractivity contribution in [2.75, 3.05) is 0 Å². The van der Waals surface area contributed by atoms with Crippen LogP contribution in [0.1, 0.15) is 27.2 Å². The van der Waals surface area contributed by atoms with Gasteiger partial charge >= 0.3 is 0 Å². The van der Waals surface area contributed by atoms with Crippen LogP contribution in [0.4, 0.5) is 0 Å². The van der Waals surface area contributed by atoms with E-state index in [1.54, 1.807) is 0 Å². The van der Waals surface area contributed by atoms with Gasteiger partial charge in [0.2, 0.25) is 0 Å². The number of allylic oxidation sites excluding steroid dienone is 1. The zero-order valence-electron chi connectivity index (χ0n) is 6.76. The number of hydrogen-bond donors (Lipinski definition) is 1. The molecule has 0 bridgehead atoms. The maximum atomic E-state index is 9.31. The number of halogens is 1. The molecule has 1 nitrogen and oxygen atoms in total. The number of rotatable bonds is 3. The van der Waals surface area contributed by atoms with Crippen molar-refractivity contribution < 1.29 is 5.11 Å². The highest BCUT2D eigenvalue weighted by atomic mass is 127. The van der Waals surface area contributed by atoms with E-state index in [4.69, 9.17) is 0 Å². The predicted octanol–water partition coefficient (Wildman–Crippen LogP) is 2.73. The van der Waals surface area contributed by atoms with Crippen molar-refractivity contribution in [3.05, 3.63) is 9.66 Å². The summed E-state index contributed by atoms with van der Waals surface area (Å²) >= 11 is 2.21. The Kier molecular flexibility index (Phi) is 5.35. The smallest absolute Gasteiger partial charge is 0.0733 e. The number of hydrogen-bond acceptors (Lipinski definition) is 1. The van der Waals surface area contributed by atoms with Crippen molar-refractivity contribution in [2.24, 2.45) is 5.92 Å². The van der Waals surface area contributed by atoms with E-state index >= 15 is 0 Å². The molecule has 0 saturated carbocycles.